The van der Waals surface area contributed by atoms with Crippen LogP contribution in [0.4, 0.5) is 46.8 Å². The van der Waals surface area contributed by atoms with E-state index in [0.29, 0.717) is 11.3 Å². The van der Waals surface area contributed by atoms with Gasteiger partial charge in [0.15, 0.2) is 17.4 Å². The molecule has 4 rings (SSSR count). The largest absolute Gasteiger partial charge is 0.482 e. The molecular formula is C21H17F3N6O4. The van der Waals surface area contributed by atoms with E-state index >= 15 is 0 Å². The first kappa shape index (κ1) is 22.6. The Hall–Kier alpha value is -4.55. The van der Waals surface area contributed by atoms with E-state index in [1.165, 1.54) is 25.2 Å². The average molecular weight is 474 g/mol. The molecule has 0 unspecified atom stereocenters. The fourth-order valence-corrected chi connectivity index (χ4v) is 2.91. The van der Waals surface area contributed by atoms with Crippen molar-refractivity contribution in [2.24, 2.45) is 0 Å². The monoisotopic (exact) mass is 474 g/mol. The normalized spacial score (nSPS) is 13.7. The minimum Gasteiger partial charge on any atom is -0.445 e. The molecule has 1 aromatic heterocycles. The van der Waals surface area contributed by atoms with Crippen molar-refractivity contribution in [1.29, 1.82) is 0 Å². The average Bonchev–Trinajstić information content (AvgIpc) is 2.81. The number of hydrogen-bond acceptors (Lipinski definition) is 8. The van der Waals surface area contributed by atoms with E-state index in [4.69, 9.17) is 4.74 Å². The molecule has 1 aliphatic rings. The van der Waals surface area contributed by atoms with Crippen LogP contribution in [0.2, 0.25) is 0 Å². The van der Waals surface area contributed by atoms with Gasteiger partial charge in [0, 0.05) is 18.4 Å². The number of fused-ring (bicyclic) bond motifs is 1. The van der Waals surface area contributed by atoms with Gasteiger partial charge in [-0.25, -0.2) is 14.2 Å². The molecule has 13 heteroatoms. The first-order valence-corrected chi connectivity index (χ1v) is 9.76. The fraction of sp³-hybridized carbons (Fsp3) is 0.143. The third-order valence-corrected chi connectivity index (χ3v) is 4.49. The van der Waals surface area contributed by atoms with Crippen molar-refractivity contribution >= 4 is 40.8 Å². The Balaban J connectivity index is 1.49. The predicted octanol–water partition coefficient (Wildman–Crippen LogP) is 3.88. The van der Waals surface area contributed by atoms with E-state index in [1.807, 2.05) is 5.32 Å². The molecule has 0 fully saturated rings. The summed E-state index contributed by atoms with van der Waals surface area (Å²) in [7, 11) is 1.45. The zero-order valence-corrected chi connectivity index (χ0v) is 17.5. The van der Waals surface area contributed by atoms with Gasteiger partial charge >= 0.3 is 18.1 Å². The molecule has 0 atom stereocenters. The number of alkyl carbamates (subject to hydrolysis) is 1. The number of nitrogens with zero attached hydrogens (tertiary/aromatic N) is 2. The van der Waals surface area contributed by atoms with Crippen molar-refractivity contribution in [3.63, 3.8) is 0 Å². The number of ether oxygens (including phenoxy) is 2. The highest BCUT2D eigenvalue weighted by Crippen LogP contribution is 2.37. The molecule has 10 nitrogen and oxygen atoms in total. The second kappa shape index (κ2) is 9.13. The Morgan fingerprint density at radius 1 is 1.18 bits per heavy atom. The van der Waals surface area contributed by atoms with Gasteiger partial charge in [-0.05, 0) is 35.9 Å². The smallest absolute Gasteiger partial charge is 0.445 e. The lowest BCUT2D eigenvalue weighted by Gasteiger charge is -2.25. The molecule has 2 heterocycles. The molecule has 0 radical (unpaired) electrons. The maximum atomic E-state index is 14.3. The van der Waals surface area contributed by atoms with E-state index in [0.717, 1.165) is 6.20 Å². The predicted molar refractivity (Wildman–Crippen MR) is 115 cm³/mol. The number of anilines is 5. The molecule has 176 valence electrons. The first-order chi connectivity index (χ1) is 16.2. The zero-order valence-electron chi connectivity index (χ0n) is 17.5. The van der Waals surface area contributed by atoms with Crippen molar-refractivity contribution in [3.05, 3.63) is 60.0 Å². The second-order valence-electron chi connectivity index (χ2n) is 6.95. The fourth-order valence-electron chi connectivity index (χ4n) is 2.91. The molecule has 0 bridgehead atoms. The molecule has 2 aromatic carbocycles. The summed E-state index contributed by atoms with van der Waals surface area (Å²) in [5, 5.41) is 10.0. The number of hydrogen-bond donors (Lipinski definition) is 4. The lowest BCUT2D eigenvalue weighted by atomic mass is 10.2. The number of rotatable bonds is 6. The number of aromatic nitrogens is 2. The van der Waals surface area contributed by atoms with Crippen LogP contribution >= 0.6 is 0 Å². The summed E-state index contributed by atoms with van der Waals surface area (Å²) in [5.74, 6) is -2.77. The van der Waals surface area contributed by atoms with E-state index in [9.17, 15) is 22.8 Å². The zero-order chi connectivity index (χ0) is 24.3. The van der Waals surface area contributed by atoms with Crippen molar-refractivity contribution in [1.82, 2.24) is 15.3 Å². The van der Waals surface area contributed by atoms with Gasteiger partial charge in [-0.2, -0.15) is 13.8 Å². The van der Waals surface area contributed by atoms with Gasteiger partial charge in [0.05, 0.1) is 11.9 Å². The number of carbonyl (C=O) groups excluding carboxylic acids is 2. The van der Waals surface area contributed by atoms with E-state index < -0.39 is 23.9 Å². The molecule has 34 heavy (non-hydrogen) atoms. The summed E-state index contributed by atoms with van der Waals surface area (Å²) >= 11 is 0. The number of nitrogens with one attached hydrogen (secondary N) is 4. The van der Waals surface area contributed by atoms with E-state index in [1.54, 1.807) is 24.3 Å². The van der Waals surface area contributed by atoms with Crippen LogP contribution in [-0.2, 0) is 16.1 Å². The molecular weight excluding hydrogens is 457 g/mol. The van der Waals surface area contributed by atoms with Crippen LogP contribution in [0.1, 0.15) is 5.56 Å². The summed E-state index contributed by atoms with van der Waals surface area (Å²) in [6.07, 6.45) is -3.61. The summed E-state index contributed by atoms with van der Waals surface area (Å²) in [4.78, 5) is 30.6. The van der Waals surface area contributed by atoms with E-state index in [2.05, 4.69) is 30.7 Å². The minimum absolute atomic E-state index is 0.00970. The van der Waals surface area contributed by atoms with Gasteiger partial charge in [-0.15, -0.1) is 0 Å². The first-order valence-electron chi connectivity index (χ1n) is 9.76. The van der Waals surface area contributed by atoms with Gasteiger partial charge in [0.25, 0.3) is 0 Å². The maximum Gasteiger partial charge on any atom is 0.482 e. The molecule has 1 aliphatic heterocycles. The molecule has 0 saturated heterocycles. The summed E-state index contributed by atoms with van der Waals surface area (Å²) in [6.45, 7) is 0.0385. The van der Waals surface area contributed by atoms with Gasteiger partial charge in [-0.3, -0.25) is 4.79 Å². The second-order valence-corrected chi connectivity index (χ2v) is 6.95. The maximum absolute atomic E-state index is 14.3. The lowest BCUT2D eigenvalue weighted by Crippen LogP contribution is -2.43. The lowest BCUT2D eigenvalue weighted by molar-refractivity contribution is -0.189. The van der Waals surface area contributed by atoms with Crippen LogP contribution in [0.5, 0.6) is 5.75 Å². The van der Waals surface area contributed by atoms with Gasteiger partial charge in [0.1, 0.15) is 6.61 Å². The standard InChI is InChI=1S/C21H17F3N6O4/c1-25-20(32)33-10-11-3-2-4-12(7-11)28-19-26-9-14(22)17(30-19)27-13-5-6-16-15(8-13)29-18(31)21(23,24)34-16/h2-9H,10H2,1H3,(H,25,32)(H,29,31)(H2,26,27,28,30). The van der Waals surface area contributed by atoms with Crippen LogP contribution in [0.15, 0.2) is 48.7 Å². The Bertz CT molecular complexity index is 1260. The Kier molecular flexibility index (Phi) is 6.08. The molecule has 3 aromatic rings. The van der Waals surface area contributed by atoms with Gasteiger partial charge in [0.2, 0.25) is 5.95 Å². The quantitative estimate of drug-likeness (QED) is 0.424. The highest BCUT2D eigenvalue weighted by Gasteiger charge is 2.46. The number of halogens is 3. The third-order valence-electron chi connectivity index (χ3n) is 4.49. The highest BCUT2D eigenvalue weighted by atomic mass is 19.3. The van der Waals surface area contributed by atoms with Crippen LogP contribution in [0, 0.1) is 5.82 Å². The Labute approximate surface area is 190 Å². The third kappa shape index (κ3) is 5.09. The molecule has 0 saturated carbocycles. The number of carbonyl (C=O) groups is 2. The highest BCUT2D eigenvalue weighted by molar-refractivity contribution is 5.99. The SMILES string of the molecule is CNC(=O)OCc1cccc(Nc2ncc(F)c(Nc3ccc4c(c3)NC(=O)C(F)(F)O4)n2)c1. The summed E-state index contributed by atoms with van der Waals surface area (Å²) < 4.78 is 50.4. The van der Waals surface area contributed by atoms with Crippen molar-refractivity contribution in [2.75, 3.05) is 23.0 Å². The van der Waals surface area contributed by atoms with Gasteiger partial charge in [-0.1, -0.05) is 12.1 Å². The van der Waals surface area contributed by atoms with Crippen molar-refractivity contribution < 1.29 is 32.2 Å². The van der Waals surface area contributed by atoms with Crippen molar-refractivity contribution in [2.45, 2.75) is 12.7 Å². The Morgan fingerprint density at radius 2 is 1.97 bits per heavy atom. The number of amides is 2. The number of alkyl halides is 2. The molecule has 4 N–H and O–H groups in total. The number of benzene rings is 2. The van der Waals surface area contributed by atoms with Crippen molar-refractivity contribution in [3.8, 4) is 5.75 Å². The van der Waals surface area contributed by atoms with Crippen LogP contribution in [0.3, 0.4) is 0 Å². The topological polar surface area (TPSA) is 126 Å². The minimum atomic E-state index is -3.98. The van der Waals surface area contributed by atoms with Crippen LogP contribution in [0.25, 0.3) is 0 Å². The molecule has 2 amide bonds. The summed E-state index contributed by atoms with van der Waals surface area (Å²) in [6, 6.07) is 10.7. The molecule has 0 aliphatic carbocycles. The van der Waals surface area contributed by atoms with Crippen LogP contribution < -0.4 is 26.0 Å². The van der Waals surface area contributed by atoms with E-state index in [-0.39, 0.29) is 35.5 Å². The summed E-state index contributed by atoms with van der Waals surface area (Å²) in [5.41, 5.74) is 1.50. The Morgan fingerprint density at radius 3 is 2.76 bits per heavy atom. The molecule has 0 spiro atoms. The van der Waals surface area contributed by atoms with Gasteiger partial charge < -0.3 is 30.7 Å². The van der Waals surface area contributed by atoms with Crippen LogP contribution in [-0.4, -0.2) is 35.1 Å².